The monoisotopic (exact) mass is 369 g/mol. The molecule has 0 saturated carbocycles. The Balaban J connectivity index is 1.54. The van der Waals surface area contributed by atoms with E-state index in [2.05, 4.69) is 20.6 Å². The SMILES string of the molecule is CCOC(=O)N1CCC(NC(=O)c2cccc(Nc3ccccn3)n2)CC1. The van der Waals surface area contributed by atoms with Crippen LogP contribution < -0.4 is 10.6 Å². The van der Waals surface area contributed by atoms with E-state index in [1.54, 1.807) is 36.2 Å². The Morgan fingerprint density at radius 1 is 1.15 bits per heavy atom. The molecule has 1 aliphatic rings. The molecule has 3 heterocycles. The van der Waals surface area contributed by atoms with Crippen LogP contribution in [0.2, 0.25) is 0 Å². The molecule has 0 aliphatic carbocycles. The van der Waals surface area contributed by atoms with Crippen LogP contribution in [0, 0.1) is 0 Å². The van der Waals surface area contributed by atoms with Gasteiger partial charge in [-0.25, -0.2) is 14.8 Å². The van der Waals surface area contributed by atoms with Crippen molar-refractivity contribution in [2.45, 2.75) is 25.8 Å². The summed E-state index contributed by atoms with van der Waals surface area (Å²) in [5.41, 5.74) is 0.337. The minimum Gasteiger partial charge on any atom is -0.450 e. The molecule has 1 aliphatic heterocycles. The number of carbonyl (C=O) groups is 2. The molecule has 0 unspecified atom stereocenters. The van der Waals surface area contributed by atoms with E-state index in [9.17, 15) is 9.59 Å². The van der Waals surface area contributed by atoms with E-state index in [-0.39, 0.29) is 18.0 Å². The molecule has 2 N–H and O–H groups in total. The number of amides is 2. The molecule has 8 nitrogen and oxygen atoms in total. The number of anilines is 2. The van der Waals surface area contributed by atoms with Crippen molar-refractivity contribution in [1.82, 2.24) is 20.2 Å². The minimum atomic E-state index is -0.294. The maximum absolute atomic E-state index is 12.5. The van der Waals surface area contributed by atoms with E-state index in [1.165, 1.54) is 0 Å². The number of aromatic nitrogens is 2. The first-order valence-corrected chi connectivity index (χ1v) is 9.03. The molecule has 0 atom stereocenters. The number of nitrogens with one attached hydrogen (secondary N) is 2. The van der Waals surface area contributed by atoms with Crippen LogP contribution in [0.5, 0.6) is 0 Å². The van der Waals surface area contributed by atoms with E-state index in [0.717, 1.165) is 0 Å². The highest BCUT2D eigenvalue weighted by Crippen LogP contribution is 2.14. The summed E-state index contributed by atoms with van der Waals surface area (Å²) in [4.78, 5) is 34.4. The van der Waals surface area contributed by atoms with Crippen LogP contribution in [-0.2, 0) is 4.74 Å². The van der Waals surface area contributed by atoms with Crippen molar-refractivity contribution in [3.8, 4) is 0 Å². The normalized spacial score (nSPS) is 14.5. The van der Waals surface area contributed by atoms with Crippen LogP contribution in [0.15, 0.2) is 42.6 Å². The third kappa shape index (κ3) is 5.16. The fraction of sp³-hybridized carbons (Fsp3) is 0.368. The van der Waals surface area contributed by atoms with Crippen LogP contribution in [-0.4, -0.2) is 52.6 Å². The molecular formula is C19H23N5O3. The Labute approximate surface area is 158 Å². The first kappa shape index (κ1) is 18.6. The lowest BCUT2D eigenvalue weighted by molar-refractivity contribution is 0.0856. The first-order chi connectivity index (χ1) is 13.2. The molecule has 2 aromatic heterocycles. The van der Waals surface area contributed by atoms with Gasteiger partial charge >= 0.3 is 6.09 Å². The van der Waals surface area contributed by atoms with Gasteiger partial charge in [0.2, 0.25) is 0 Å². The maximum atomic E-state index is 12.5. The zero-order valence-corrected chi connectivity index (χ0v) is 15.2. The van der Waals surface area contributed by atoms with Gasteiger partial charge in [0.1, 0.15) is 17.3 Å². The highest BCUT2D eigenvalue weighted by molar-refractivity contribution is 5.92. The second-order valence-electron chi connectivity index (χ2n) is 6.18. The summed E-state index contributed by atoms with van der Waals surface area (Å²) in [7, 11) is 0. The second kappa shape index (κ2) is 8.98. The van der Waals surface area contributed by atoms with E-state index >= 15 is 0 Å². The highest BCUT2D eigenvalue weighted by Gasteiger charge is 2.25. The van der Waals surface area contributed by atoms with Crippen molar-refractivity contribution in [1.29, 1.82) is 0 Å². The zero-order valence-electron chi connectivity index (χ0n) is 15.2. The number of pyridine rings is 2. The van der Waals surface area contributed by atoms with Crippen molar-refractivity contribution in [2.24, 2.45) is 0 Å². The summed E-state index contributed by atoms with van der Waals surface area (Å²) >= 11 is 0. The number of nitrogens with zero attached hydrogens (tertiary/aromatic N) is 3. The minimum absolute atomic E-state index is 0.0115. The van der Waals surface area contributed by atoms with Gasteiger partial charge in [-0.2, -0.15) is 0 Å². The lowest BCUT2D eigenvalue weighted by Crippen LogP contribution is -2.46. The Bertz CT molecular complexity index is 776. The van der Waals surface area contributed by atoms with Crippen LogP contribution >= 0.6 is 0 Å². The molecule has 142 valence electrons. The summed E-state index contributed by atoms with van der Waals surface area (Å²) in [5, 5.41) is 6.07. The van der Waals surface area contributed by atoms with Crippen molar-refractivity contribution >= 4 is 23.6 Å². The van der Waals surface area contributed by atoms with Gasteiger partial charge in [0, 0.05) is 25.3 Å². The topological polar surface area (TPSA) is 96.5 Å². The predicted molar refractivity (Wildman–Crippen MR) is 101 cm³/mol. The fourth-order valence-corrected chi connectivity index (χ4v) is 2.88. The van der Waals surface area contributed by atoms with E-state index in [4.69, 9.17) is 4.74 Å². The van der Waals surface area contributed by atoms with E-state index in [0.29, 0.717) is 49.9 Å². The van der Waals surface area contributed by atoms with Gasteiger partial charge in [-0.15, -0.1) is 0 Å². The molecule has 2 aromatic rings. The number of hydrogen-bond acceptors (Lipinski definition) is 6. The highest BCUT2D eigenvalue weighted by atomic mass is 16.6. The molecule has 27 heavy (non-hydrogen) atoms. The molecule has 0 radical (unpaired) electrons. The van der Waals surface area contributed by atoms with Gasteiger partial charge < -0.3 is 20.3 Å². The smallest absolute Gasteiger partial charge is 0.409 e. The lowest BCUT2D eigenvalue weighted by Gasteiger charge is -2.31. The van der Waals surface area contributed by atoms with Crippen molar-refractivity contribution in [3.63, 3.8) is 0 Å². The number of carbonyl (C=O) groups excluding carboxylic acids is 2. The van der Waals surface area contributed by atoms with Crippen LogP contribution in [0.3, 0.4) is 0 Å². The molecule has 0 bridgehead atoms. The molecular weight excluding hydrogens is 346 g/mol. The average Bonchev–Trinajstić information content (AvgIpc) is 2.70. The van der Waals surface area contributed by atoms with Gasteiger partial charge in [-0.1, -0.05) is 12.1 Å². The van der Waals surface area contributed by atoms with Crippen molar-refractivity contribution in [3.05, 3.63) is 48.3 Å². The summed E-state index contributed by atoms with van der Waals surface area (Å²) < 4.78 is 5.01. The molecule has 1 fully saturated rings. The largest absolute Gasteiger partial charge is 0.450 e. The number of hydrogen-bond donors (Lipinski definition) is 2. The summed E-state index contributed by atoms with van der Waals surface area (Å²) in [6.07, 6.45) is 2.77. The Kier molecular flexibility index (Phi) is 6.19. The third-order valence-corrected chi connectivity index (χ3v) is 4.26. The molecule has 2 amide bonds. The molecule has 1 saturated heterocycles. The molecule has 0 spiro atoms. The Hall–Kier alpha value is -3.16. The van der Waals surface area contributed by atoms with Crippen LogP contribution in [0.25, 0.3) is 0 Å². The van der Waals surface area contributed by atoms with Crippen molar-refractivity contribution < 1.29 is 14.3 Å². The summed E-state index contributed by atoms with van der Waals surface area (Å²) in [6, 6.07) is 10.8. The molecule has 8 heteroatoms. The van der Waals surface area contributed by atoms with E-state index in [1.807, 2.05) is 18.2 Å². The van der Waals surface area contributed by atoms with Gasteiger partial charge in [0.25, 0.3) is 5.91 Å². The van der Waals surface area contributed by atoms with Crippen LogP contribution in [0.1, 0.15) is 30.3 Å². The quantitative estimate of drug-likeness (QED) is 0.841. The Morgan fingerprint density at radius 3 is 2.63 bits per heavy atom. The number of likely N-dealkylation sites (tertiary alicyclic amines) is 1. The Morgan fingerprint density at radius 2 is 1.93 bits per heavy atom. The average molecular weight is 369 g/mol. The van der Waals surface area contributed by atoms with E-state index < -0.39 is 0 Å². The predicted octanol–water partition coefficient (Wildman–Crippen LogP) is 2.57. The second-order valence-corrected chi connectivity index (χ2v) is 6.18. The van der Waals surface area contributed by atoms with Crippen LogP contribution in [0.4, 0.5) is 16.4 Å². The number of ether oxygens (including phenoxy) is 1. The summed E-state index contributed by atoms with van der Waals surface area (Å²) in [5.74, 6) is 0.988. The van der Waals surface area contributed by atoms with Crippen molar-refractivity contribution in [2.75, 3.05) is 25.0 Å². The van der Waals surface area contributed by atoms with Gasteiger partial charge in [-0.3, -0.25) is 4.79 Å². The molecule has 0 aromatic carbocycles. The number of piperidine rings is 1. The fourth-order valence-electron chi connectivity index (χ4n) is 2.88. The third-order valence-electron chi connectivity index (χ3n) is 4.26. The number of rotatable bonds is 5. The first-order valence-electron chi connectivity index (χ1n) is 9.03. The standard InChI is InChI=1S/C19H23N5O3/c1-2-27-19(26)24-12-9-14(10-13-24)21-18(25)15-6-5-8-17(22-15)23-16-7-3-4-11-20-16/h3-8,11,14H,2,9-10,12-13H2,1H3,(H,21,25)(H,20,22,23). The zero-order chi connectivity index (χ0) is 19.1. The lowest BCUT2D eigenvalue weighted by atomic mass is 10.1. The molecule has 3 rings (SSSR count). The van der Waals surface area contributed by atoms with Gasteiger partial charge in [0.15, 0.2) is 0 Å². The summed E-state index contributed by atoms with van der Waals surface area (Å²) in [6.45, 7) is 3.29. The maximum Gasteiger partial charge on any atom is 0.409 e. The van der Waals surface area contributed by atoms with Gasteiger partial charge in [-0.05, 0) is 44.0 Å². The van der Waals surface area contributed by atoms with Gasteiger partial charge in [0.05, 0.1) is 6.61 Å².